The summed E-state index contributed by atoms with van der Waals surface area (Å²) in [5.41, 5.74) is 0. The van der Waals surface area contributed by atoms with E-state index in [4.69, 9.17) is 9.84 Å². The Balaban J connectivity index is 3.77. The molecule has 1 atom stereocenters. The topological polar surface area (TPSA) is 75.6 Å². The Labute approximate surface area is 89.8 Å². The number of carboxylic acid groups (broad SMARTS) is 1. The third kappa shape index (κ3) is 7.93. The molecule has 0 aromatic rings. The molecule has 0 bridgehead atoms. The van der Waals surface area contributed by atoms with E-state index < -0.39 is 12.0 Å². The monoisotopic (exact) mass is 217 g/mol. The predicted molar refractivity (Wildman–Crippen MR) is 55.5 cm³/mol. The summed E-state index contributed by atoms with van der Waals surface area (Å²) >= 11 is 0. The van der Waals surface area contributed by atoms with Gasteiger partial charge in [0.1, 0.15) is 6.04 Å². The van der Waals surface area contributed by atoms with Crippen LogP contribution < -0.4 is 5.32 Å². The average Bonchev–Trinajstić information content (AvgIpc) is 2.08. The van der Waals surface area contributed by atoms with Crippen molar-refractivity contribution in [3.05, 3.63) is 0 Å². The van der Waals surface area contributed by atoms with Gasteiger partial charge < -0.3 is 15.2 Å². The highest BCUT2D eigenvalue weighted by Gasteiger charge is 2.17. The summed E-state index contributed by atoms with van der Waals surface area (Å²) in [4.78, 5) is 21.4. The molecule has 0 aromatic heterocycles. The summed E-state index contributed by atoms with van der Waals surface area (Å²) in [6.07, 6.45) is 0.293. The summed E-state index contributed by atoms with van der Waals surface area (Å²) < 4.78 is 5.24. The first kappa shape index (κ1) is 13.9. The van der Waals surface area contributed by atoms with Gasteiger partial charge in [-0.1, -0.05) is 13.8 Å². The maximum Gasteiger partial charge on any atom is 0.326 e. The van der Waals surface area contributed by atoms with Gasteiger partial charge in [0.15, 0.2) is 0 Å². The molecule has 2 N–H and O–H groups in total. The fourth-order valence-corrected chi connectivity index (χ4v) is 1.02. The molecule has 0 spiro atoms. The van der Waals surface area contributed by atoms with E-state index in [1.54, 1.807) is 0 Å². The van der Waals surface area contributed by atoms with Crippen molar-refractivity contribution in [2.45, 2.75) is 33.2 Å². The van der Waals surface area contributed by atoms with Crippen LogP contribution in [0.15, 0.2) is 0 Å². The SMILES string of the molecule is CC(=O)NC(CCOCC(C)C)C(=O)O. The number of carboxylic acids is 1. The molecule has 0 saturated carbocycles. The van der Waals surface area contributed by atoms with Crippen LogP contribution >= 0.6 is 0 Å². The number of amides is 1. The smallest absolute Gasteiger partial charge is 0.326 e. The number of aliphatic carboxylic acids is 1. The normalized spacial score (nSPS) is 12.5. The minimum absolute atomic E-state index is 0.293. The lowest BCUT2D eigenvalue weighted by Crippen LogP contribution is -2.40. The van der Waals surface area contributed by atoms with E-state index in [1.165, 1.54) is 6.92 Å². The first-order valence-corrected chi connectivity index (χ1v) is 5.01. The zero-order valence-corrected chi connectivity index (χ0v) is 9.45. The zero-order chi connectivity index (χ0) is 11.8. The van der Waals surface area contributed by atoms with Crippen molar-refractivity contribution >= 4 is 11.9 Å². The van der Waals surface area contributed by atoms with E-state index in [9.17, 15) is 9.59 Å². The fourth-order valence-electron chi connectivity index (χ4n) is 1.02. The van der Waals surface area contributed by atoms with Crippen LogP contribution in [0.5, 0.6) is 0 Å². The number of ether oxygens (including phenoxy) is 1. The highest BCUT2D eigenvalue weighted by molar-refractivity contribution is 5.81. The lowest BCUT2D eigenvalue weighted by Gasteiger charge is -2.13. The van der Waals surface area contributed by atoms with Crippen molar-refractivity contribution in [2.24, 2.45) is 5.92 Å². The summed E-state index contributed by atoms with van der Waals surface area (Å²) in [5, 5.41) is 11.1. The van der Waals surface area contributed by atoms with Gasteiger partial charge in [-0.25, -0.2) is 4.79 Å². The lowest BCUT2D eigenvalue weighted by atomic mass is 10.2. The number of nitrogens with one attached hydrogen (secondary N) is 1. The van der Waals surface area contributed by atoms with Crippen LogP contribution in [0.25, 0.3) is 0 Å². The molecule has 0 rings (SSSR count). The van der Waals surface area contributed by atoms with Crippen molar-refractivity contribution in [2.75, 3.05) is 13.2 Å². The first-order chi connectivity index (χ1) is 6.93. The summed E-state index contributed by atoms with van der Waals surface area (Å²) in [6, 6.07) is -0.852. The van der Waals surface area contributed by atoms with Crippen molar-refractivity contribution in [3.63, 3.8) is 0 Å². The van der Waals surface area contributed by atoms with Gasteiger partial charge in [0.2, 0.25) is 5.91 Å². The standard InChI is InChI=1S/C10H19NO4/c1-7(2)6-15-5-4-9(10(13)14)11-8(3)12/h7,9H,4-6H2,1-3H3,(H,11,12)(H,13,14). The van der Waals surface area contributed by atoms with Crippen LogP contribution in [0.2, 0.25) is 0 Å². The molecule has 0 saturated heterocycles. The van der Waals surface area contributed by atoms with E-state index >= 15 is 0 Å². The van der Waals surface area contributed by atoms with Crippen LogP contribution in [-0.4, -0.2) is 36.2 Å². The van der Waals surface area contributed by atoms with Gasteiger partial charge in [-0.15, -0.1) is 0 Å². The molecule has 15 heavy (non-hydrogen) atoms. The number of hydrogen-bond donors (Lipinski definition) is 2. The molecular weight excluding hydrogens is 198 g/mol. The van der Waals surface area contributed by atoms with Crippen LogP contribution in [0.4, 0.5) is 0 Å². The van der Waals surface area contributed by atoms with Gasteiger partial charge in [-0.3, -0.25) is 4.79 Å². The summed E-state index contributed by atoms with van der Waals surface area (Å²) in [7, 11) is 0. The van der Waals surface area contributed by atoms with Gasteiger partial charge in [-0.05, 0) is 5.92 Å². The Hall–Kier alpha value is -1.10. The number of carbonyl (C=O) groups is 2. The number of rotatable bonds is 7. The molecule has 0 fully saturated rings. The number of hydrogen-bond acceptors (Lipinski definition) is 3. The van der Waals surface area contributed by atoms with Crippen LogP contribution in [-0.2, 0) is 14.3 Å². The Bertz CT molecular complexity index is 215. The number of carbonyl (C=O) groups excluding carboxylic acids is 1. The maximum atomic E-state index is 10.7. The second-order valence-electron chi connectivity index (χ2n) is 3.85. The quantitative estimate of drug-likeness (QED) is 0.613. The lowest BCUT2D eigenvalue weighted by molar-refractivity contribution is -0.142. The largest absolute Gasteiger partial charge is 0.480 e. The van der Waals surface area contributed by atoms with Crippen molar-refractivity contribution in [3.8, 4) is 0 Å². The molecule has 1 unspecified atom stereocenters. The van der Waals surface area contributed by atoms with Crippen molar-refractivity contribution < 1.29 is 19.4 Å². The summed E-state index contributed by atoms with van der Waals surface area (Å²) in [5.74, 6) is -0.946. The zero-order valence-electron chi connectivity index (χ0n) is 9.45. The molecule has 0 aromatic carbocycles. The van der Waals surface area contributed by atoms with Gasteiger partial charge in [0.05, 0.1) is 0 Å². The van der Waals surface area contributed by atoms with Crippen LogP contribution in [0, 0.1) is 5.92 Å². The Morgan fingerprint density at radius 3 is 2.40 bits per heavy atom. The predicted octanol–water partition coefficient (Wildman–Crippen LogP) is 0.638. The van der Waals surface area contributed by atoms with Gasteiger partial charge in [0, 0.05) is 26.6 Å². The van der Waals surface area contributed by atoms with Gasteiger partial charge >= 0.3 is 5.97 Å². The van der Waals surface area contributed by atoms with E-state index in [-0.39, 0.29) is 5.91 Å². The maximum absolute atomic E-state index is 10.7. The average molecular weight is 217 g/mol. The van der Waals surface area contributed by atoms with Gasteiger partial charge in [-0.2, -0.15) is 0 Å². The van der Waals surface area contributed by atoms with E-state index in [0.717, 1.165) is 0 Å². The van der Waals surface area contributed by atoms with Crippen LogP contribution in [0.1, 0.15) is 27.2 Å². The second-order valence-corrected chi connectivity index (χ2v) is 3.85. The van der Waals surface area contributed by atoms with Gasteiger partial charge in [0.25, 0.3) is 0 Å². The minimum Gasteiger partial charge on any atom is -0.480 e. The fraction of sp³-hybridized carbons (Fsp3) is 0.800. The van der Waals surface area contributed by atoms with Crippen molar-refractivity contribution in [1.82, 2.24) is 5.32 Å². The Kier molecular flexibility index (Phi) is 6.70. The first-order valence-electron chi connectivity index (χ1n) is 5.01. The second kappa shape index (κ2) is 7.23. The highest BCUT2D eigenvalue weighted by atomic mass is 16.5. The molecule has 1 amide bonds. The third-order valence-electron chi connectivity index (χ3n) is 1.68. The molecule has 0 heterocycles. The Morgan fingerprint density at radius 2 is 2.00 bits per heavy atom. The summed E-state index contributed by atoms with van der Waals surface area (Å²) in [6.45, 7) is 6.28. The van der Waals surface area contributed by atoms with E-state index in [2.05, 4.69) is 5.32 Å². The molecule has 0 aliphatic heterocycles. The van der Waals surface area contributed by atoms with E-state index in [1.807, 2.05) is 13.8 Å². The molecule has 0 radical (unpaired) electrons. The third-order valence-corrected chi connectivity index (χ3v) is 1.68. The molecule has 5 heteroatoms. The molecular formula is C10H19NO4. The molecule has 0 aliphatic rings. The molecule has 5 nitrogen and oxygen atoms in total. The Morgan fingerprint density at radius 1 is 1.40 bits per heavy atom. The van der Waals surface area contributed by atoms with Crippen molar-refractivity contribution in [1.29, 1.82) is 0 Å². The molecule has 0 aliphatic carbocycles. The van der Waals surface area contributed by atoms with Crippen LogP contribution in [0.3, 0.4) is 0 Å². The highest BCUT2D eigenvalue weighted by Crippen LogP contribution is 1.97. The molecule has 88 valence electrons. The van der Waals surface area contributed by atoms with E-state index in [0.29, 0.717) is 25.6 Å². The minimum atomic E-state index is -1.03.